The summed E-state index contributed by atoms with van der Waals surface area (Å²) in [6.07, 6.45) is 4.91. The molecule has 0 saturated heterocycles. The molecule has 0 aromatic carbocycles. The Morgan fingerprint density at radius 1 is 1.15 bits per heavy atom. The second-order valence-corrected chi connectivity index (χ2v) is 9.12. The van der Waals surface area contributed by atoms with E-state index in [1.54, 1.807) is 0 Å². The Hall–Kier alpha value is -2.06. The van der Waals surface area contributed by atoms with Gasteiger partial charge in [0.1, 0.15) is 15.8 Å². The predicted molar refractivity (Wildman–Crippen MR) is 106 cm³/mol. The largest absolute Gasteiger partial charge is 0.478 e. The van der Waals surface area contributed by atoms with E-state index in [-0.39, 0.29) is 11.5 Å². The van der Waals surface area contributed by atoms with E-state index in [1.165, 1.54) is 22.9 Å². The molecule has 2 aliphatic carbocycles. The molecule has 27 heavy (non-hydrogen) atoms. The summed E-state index contributed by atoms with van der Waals surface area (Å²) in [6.45, 7) is 4.04. The third kappa shape index (κ3) is 3.55. The van der Waals surface area contributed by atoms with Crippen molar-refractivity contribution in [3.63, 3.8) is 0 Å². The lowest BCUT2D eigenvalue weighted by Crippen LogP contribution is -2.21. The van der Waals surface area contributed by atoms with Crippen LogP contribution in [-0.2, 0) is 9.59 Å². The van der Waals surface area contributed by atoms with Crippen LogP contribution in [0.25, 0.3) is 10.6 Å². The molecule has 0 spiro atoms. The van der Waals surface area contributed by atoms with E-state index < -0.39 is 5.97 Å². The number of aryl methyl sites for hydroxylation is 1. The Bertz CT molecular complexity index is 954. The van der Waals surface area contributed by atoms with Gasteiger partial charge >= 0.3 is 5.97 Å². The topological polar surface area (TPSA) is 92.2 Å². The van der Waals surface area contributed by atoms with Crippen LogP contribution in [0.3, 0.4) is 0 Å². The summed E-state index contributed by atoms with van der Waals surface area (Å²) in [5.41, 5.74) is 2.66. The molecule has 2 N–H and O–H groups in total. The molecule has 8 heteroatoms. The minimum Gasteiger partial charge on any atom is -0.478 e. The van der Waals surface area contributed by atoms with E-state index in [2.05, 4.69) is 9.69 Å². The Kier molecular flexibility index (Phi) is 4.86. The zero-order valence-corrected chi connectivity index (χ0v) is 16.9. The highest BCUT2D eigenvalue weighted by Crippen LogP contribution is 2.44. The summed E-state index contributed by atoms with van der Waals surface area (Å²) in [5, 5.41) is 13.9. The second kappa shape index (κ2) is 7.16. The number of amides is 1. The zero-order chi connectivity index (χ0) is 19.1. The number of anilines is 1. The standard InChI is InChI=1S/C19H21N3O3S2/c1-9-10(2)26-17(14(9)18-20-15(22-27-18)11-7-8-11)21-16(23)12-5-3-4-6-13(12)19(24)25/h11H,3-8H2,1-2H3,(H,21,23)(H,24,25). The van der Waals surface area contributed by atoms with Crippen molar-refractivity contribution in [2.75, 3.05) is 5.32 Å². The molecule has 0 unspecified atom stereocenters. The molecule has 2 aromatic rings. The van der Waals surface area contributed by atoms with Crippen molar-refractivity contribution >= 4 is 39.7 Å². The Morgan fingerprint density at radius 3 is 2.52 bits per heavy atom. The molecule has 1 amide bonds. The molecule has 1 saturated carbocycles. The average molecular weight is 404 g/mol. The van der Waals surface area contributed by atoms with Gasteiger partial charge in [0.2, 0.25) is 0 Å². The summed E-state index contributed by atoms with van der Waals surface area (Å²) in [5.74, 6) is 0.0932. The van der Waals surface area contributed by atoms with Gasteiger partial charge in [-0.3, -0.25) is 4.79 Å². The van der Waals surface area contributed by atoms with Crippen molar-refractivity contribution in [1.82, 2.24) is 9.36 Å². The van der Waals surface area contributed by atoms with Crippen molar-refractivity contribution in [1.29, 1.82) is 0 Å². The molecule has 0 atom stereocenters. The fourth-order valence-corrected chi connectivity index (χ4v) is 5.36. The molecule has 2 aliphatic rings. The summed E-state index contributed by atoms with van der Waals surface area (Å²) >= 11 is 2.88. The zero-order valence-electron chi connectivity index (χ0n) is 15.3. The van der Waals surface area contributed by atoms with Crippen LogP contribution in [0.5, 0.6) is 0 Å². The monoisotopic (exact) mass is 403 g/mol. The Morgan fingerprint density at radius 2 is 1.85 bits per heavy atom. The Balaban J connectivity index is 1.66. The number of hydrogen-bond donors (Lipinski definition) is 2. The van der Waals surface area contributed by atoms with Crippen LogP contribution in [0.15, 0.2) is 11.1 Å². The predicted octanol–water partition coefficient (Wildman–Crippen LogP) is 4.65. The number of nitrogens with one attached hydrogen (secondary N) is 1. The minimum atomic E-state index is -0.989. The molecule has 4 rings (SSSR count). The van der Waals surface area contributed by atoms with Crippen LogP contribution in [0.2, 0.25) is 0 Å². The summed E-state index contributed by atoms with van der Waals surface area (Å²) in [4.78, 5) is 30.1. The van der Waals surface area contributed by atoms with E-state index in [1.807, 2.05) is 13.8 Å². The van der Waals surface area contributed by atoms with Gasteiger partial charge in [-0.15, -0.1) is 11.3 Å². The van der Waals surface area contributed by atoms with Gasteiger partial charge in [0.25, 0.3) is 5.91 Å². The summed E-state index contributed by atoms with van der Waals surface area (Å²) in [7, 11) is 0. The molecule has 0 radical (unpaired) electrons. The number of nitrogens with zero attached hydrogens (tertiary/aromatic N) is 2. The number of carbonyl (C=O) groups is 2. The highest BCUT2D eigenvalue weighted by Gasteiger charge is 2.30. The van der Waals surface area contributed by atoms with Gasteiger partial charge in [-0.1, -0.05) is 0 Å². The van der Waals surface area contributed by atoms with Crippen molar-refractivity contribution in [2.45, 2.75) is 58.3 Å². The smallest absolute Gasteiger partial charge is 0.332 e. The van der Waals surface area contributed by atoms with Gasteiger partial charge in [-0.05, 0) is 69.5 Å². The lowest BCUT2D eigenvalue weighted by Gasteiger charge is -2.17. The first kappa shape index (κ1) is 18.3. The van der Waals surface area contributed by atoms with Crippen LogP contribution in [0.4, 0.5) is 5.00 Å². The first-order valence-electron chi connectivity index (χ1n) is 9.16. The summed E-state index contributed by atoms with van der Waals surface area (Å²) in [6, 6.07) is 0. The maximum Gasteiger partial charge on any atom is 0.332 e. The fraction of sp³-hybridized carbons (Fsp3) is 0.474. The minimum absolute atomic E-state index is 0.247. The number of carboxylic acids is 1. The van der Waals surface area contributed by atoms with Gasteiger partial charge in [-0.2, -0.15) is 4.37 Å². The number of carboxylic acid groups (broad SMARTS) is 1. The third-order valence-electron chi connectivity index (χ3n) is 5.21. The van der Waals surface area contributed by atoms with Crippen LogP contribution < -0.4 is 5.32 Å². The molecule has 2 aromatic heterocycles. The van der Waals surface area contributed by atoms with Gasteiger partial charge in [-0.25, -0.2) is 9.78 Å². The molecule has 2 heterocycles. The SMILES string of the molecule is Cc1sc(NC(=O)C2=C(C(=O)O)CCCC2)c(-c2nc(C3CC3)ns2)c1C. The van der Waals surface area contributed by atoms with E-state index >= 15 is 0 Å². The van der Waals surface area contributed by atoms with E-state index in [0.29, 0.717) is 24.3 Å². The van der Waals surface area contributed by atoms with Crippen LogP contribution >= 0.6 is 22.9 Å². The molecule has 142 valence electrons. The lowest BCUT2D eigenvalue weighted by molar-refractivity contribution is -0.133. The maximum atomic E-state index is 12.9. The average Bonchev–Trinajstić information content (AvgIpc) is 3.32. The molecular formula is C19H21N3O3S2. The number of aromatic nitrogens is 2. The van der Waals surface area contributed by atoms with Gasteiger partial charge in [0.15, 0.2) is 0 Å². The quantitative estimate of drug-likeness (QED) is 0.758. The maximum absolute atomic E-state index is 12.9. The molecule has 0 bridgehead atoms. The number of rotatable bonds is 5. The molecule has 6 nitrogen and oxygen atoms in total. The van der Waals surface area contributed by atoms with E-state index in [0.717, 1.165) is 57.5 Å². The highest BCUT2D eigenvalue weighted by molar-refractivity contribution is 7.18. The summed E-state index contributed by atoms with van der Waals surface area (Å²) < 4.78 is 4.49. The van der Waals surface area contributed by atoms with Crippen molar-refractivity contribution in [3.8, 4) is 10.6 Å². The highest BCUT2D eigenvalue weighted by atomic mass is 32.1. The Labute approximate surface area is 165 Å². The van der Waals surface area contributed by atoms with E-state index in [4.69, 9.17) is 4.98 Å². The number of thiophene rings is 1. The second-order valence-electron chi connectivity index (χ2n) is 7.14. The fourth-order valence-electron chi connectivity index (χ4n) is 3.39. The first-order chi connectivity index (χ1) is 13.0. The molecule has 1 fully saturated rings. The number of aliphatic carboxylic acids is 1. The van der Waals surface area contributed by atoms with Crippen LogP contribution in [-0.4, -0.2) is 26.3 Å². The van der Waals surface area contributed by atoms with Gasteiger partial charge < -0.3 is 10.4 Å². The van der Waals surface area contributed by atoms with Crippen LogP contribution in [0, 0.1) is 13.8 Å². The van der Waals surface area contributed by atoms with E-state index in [9.17, 15) is 14.7 Å². The van der Waals surface area contributed by atoms with Crippen molar-refractivity contribution in [2.24, 2.45) is 0 Å². The number of hydrogen-bond acceptors (Lipinski definition) is 6. The first-order valence-corrected chi connectivity index (χ1v) is 10.7. The molecular weight excluding hydrogens is 382 g/mol. The van der Waals surface area contributed by atoms with Crippen LogP contribution in [0.1, 0.15) is 60.7 Å². The van der Waals surface area contributed by atoms with Gasteiger partial charge in [0, 0.05) is 21.9 Å². The van der Waals surface area contributed by atoms with Gasteiger partial charge in [0.05, 0.1) is 5.56 Å². The number of carbonyl (C=O) groups excluding carboxylic acids is 1. The normalized spacial score (nSPS) is 17.3. The molecule has 0 aliphatic heterocycles. The van der Waals surface area contributed by atoms with Crippen molar-refractivity contribution < 1.29 is 14.7 Å². The lowest BCUT2D eigenvalue weighted by atomic mass is 9.91. The van der Waals surface area contributed by atoms with Crippen molar-refractivity contribution in [3.05, 3.63) is 27.4 Å². The third-order valence-corrected chi connectivity index (χ3v) is 7.08.